The fourth-order valence-electron chi connectivity index (χ4n) is 3.69. The topological polar surface area (TPSA) is 97.5 Å². The molecule has 6 rings (SSSR count). The molecular weight excluding hydrogens is 446 g/mol. The number of nitrogens with one attached hydrogen (secondary N) is 1. The van der Waals surface area contributed by atoms with E-state index in [0.29, 0.717) is 30.8 Å². The van der Waals surface area contributed by atoms with E-state index in [4.69, 9.17) is 9.84 Å². The molecule has 164 valence electrons. The summed E-state index contributed by atoms with van der Waals surface area (Å²) >= 11 is 3.00. The van der Waals surface area contributed by atoms with E-state index in [-0.39, 0.29) is 5.91 Å². The second-order valence-electron chi connectivity index (χ2n) is 7.97. The van der Waals surface area contributed by atoms with Crippen LogP contribution in [-0.2, 0) is 9.53 Å². The first-order valence-electron chi connectivity index (χ1n) is 10.6. The fourth-order valence-corrected chi connectivity index (χ4v) is 5.51. The van der Waals surface area contributed by atoms with Gasteiger partial charge in [0.05, 0.1) is 35.7 Å². The van der Waals surface area contributed by atoms with Crippen LogP contribution in [0.1, 0.15) is 24.5 Å². The van der Waals surface area contributed by atoms with Crippen LogP contribution in [0.5, 0.6) is 0 Å². The van der Waals surface area contributed by atoms with Crippen molar-refractivity contribution in [3.8, 4) is 0 Å². The van der Waals surface area contributed by atoms with Crippen molar-refractivity contribution in [2.75, 3.05) is 38.2 Å². The highest BCUT2D eigenvalue weighted by atomic mass is 32.2. The number of hydrogen-bond acceptors (Lipinski definition) is 9. The van der Waals surface area contributed by atoms with Gasteiger partial charge in [-0.05, 0) is 54.9 Å². The second kappa shape index (κ2) is 8.39. The van der Waals surface area contributed by atoms with Crippen molar-refractivity contribution in [3.05, 3.63) is 36.0 Å². The largest absolute Gasteiger partial charge is 0.379 e. The highest BCUT2D eigenvalue weighted by molar-refractivity contribution is 7.99. The van der Waals surface area contributed by atoms with Crippen molar-refractivity contribution >= 4 is 50.0 Å². The maximum absolute atomic E-state index is 12.4. The van der Waals surface area contributed by atoms with Gasteiger partial charge in [0.2, 0.25) is 11.1 Å². The van der Waals surface area contributed by atoms with Crippen LogP contribution in [0.25, 0.3) is 15.9 Å². The molecule has 2 fully saturated rings. The summed E-state index contributed by atoms with van der Waals surface area (Å²) in [6.45, 7) is 3.27. The Morgan fingerprint density at radius 1 is 1.19 bits per heavy atom. The fraction of sp³-hybridized carbons (Fsp3) is 0.381. The van der Waals surface area contributed by atoms with Crippen molar-refractivity contribution in [2.24, 2.45) is 0 Å². The van der Waals surface area contributed by atoms with Crippen LogP contribution in [-0.4, -0.2) is 68.5 Å². The lowest BCUT2D eigenvalue weighted by atomic mass is 10.3. The van der Waals surface area contributed by atoms with Crippen LogP contribution in [0.3, 0.4) is 0 Å². The number of morpholine rings is 1. The molecule has 1 aromatic carbocycles. The number of carbonyl (C=O) groups excluding carboxylic acids is 1. The molecular formula is C21H21N7O2S2. The molecule has 1 saturated carbocycles. The van der Waals surface area contributed by atoms with Gasteiger partial charge < -0.3 is 10.1 Å². The predicted molar refractivity (Wildman–Crippen MR) is 122 cm³/mol. The predicted octanol–water partition coefficient (Wildman–Crippen LogP) is 3.03. The summed E-state index contributed by atoms with van der Waals surface area (Å²) in [6.07, 6.45) is 2.41. The molecule has 4 aromatic rings. The first kappa shape index (κ1) is 20.0. The summed E-state index contributed by atoms with van der Waals surface area (Å²) in [7, 11) is 0. The van der Waals surface area contributed by atoms with E-state index in [2.05, 4.69) is 31.5 Å². The van der Waals surface area contributed by atoms with Gasteiger partial charge in [0, 0.05) is 23.9 Å². The molecule has 1 saturated heterocycles. The van der Waals surface area contributed by atoms with Crippen LogP contribution in [0.15, 0.2) is 40.4 Å². The van der Waals surface area contributed by atoms with Crippen LogP contribution >= 0.6 is 23.1 Å². The molecule has 1 N–H and O–H groups in total. The summed E-state index contributed by atoms with van der Waals surface area (Å²) in [4.78, 5) is 20.1. The van der Waals surface area contributed by atoms with E-state index in [1.165, 1.54) is 35.9 Å². The van der Waals surface area contributed by atoms with Gasteiger partial charge in [0.25, 0.3) is 0 Å². The van der Waals surface area contributed by atoms with Crippen molar-refractivity contribution < 1.29 is 9.53 Å². The zero-order valence-corrected chi connectivity index (χ0v) is 18.9. The number of fused-ring (bicyclic) bond motifs is 2. The van der Waals surface area contributed by atoms with E-state index in [1.807, 2.05) is 28.8 Å². The summed E-state index contributed by atoms with van der Waals surface area (Å²) in [6, 6.07) is 10.1. The number of rotatable bonds is 6. The highest BCUT2D eigenvalue weighted by Gasteiger charge is 2.26. The summed E-state index contributed by atoms with van der Waals surface area (Å²) in [5.41, 5.74) is 2.72. The number of benzene rings is 1. The monoisotopic (exact) mass is 467 g/mol. The average molecular weight is 468 g/mol. The number of carbonyl (C=O) groups is 1. The summed E-state index contributed by atoms with van der Waals surface area (Å²) in [5, 5.41) is 17.6. The van der Waals surface area contributed by atoms with Gasteiger partial charge in [-0.25, -0.2) is 4.98 Å². The Bertz CT molecular complexity index is 1290. The molecule has 0 bridgehead atoms. The minimum atomic E-state index is -0.0481. The lowest BCUT2D eigenvalue weighted by Gasteiger charge is -2.25. The molecule has 1 amide bonds. The van der Waals surface area contributed by atoms with Crippen LogP contribution in [0, 0.1) is 0 Å². The average Bonchev–Trinajstić information content (AvgIpc) is 3.47. The van der Waals surface area contributed by atoms with Gasteiger partial charge >= 0.3 is 0 Å². The highest BCUT2D eigenvalue weighted by Crippen LogP contribution is 2.39. The van der Waals surface area contributed by atoms with Gasteiger partial charge in [0.1, 0.15) is 0 Å². The first-order chi connectivity index (χ1) is 15.7. The zero-order chi connectivity index (χ0) is 21.5. The smallest absolute Gasteiger partial charge is 0.240 e. The lowest BCUT2D eigenvalue weighted by molar-refractivity contribution is -0.118. The third-order valence-corrected chi connectivity index (χ3v) is 7.40. The minimum Gasteiger partial charge on any atom is -0.379 e. The number of ether oxygens (including phenoxy) is 1. The quantitative estimate of drug-likeness (QED) is 0.462. The third kappa shape index (κ3) is 4.20. The normalized spacial score (nSPS) is 17.2. The molecule has 9 nitrogen and oxygen atoms in total. The molecule has 4 heterocycles. The Kier molecular flexibility index (Phi) is 5.26. The molecule has 0 atom stereocenters. The van der Waals surface area contributed by atoms with Gasteiger partial charge in [-0.3, -0.25) is 9.69 Å². The number of nitrogens with zero attached hydrogens (tertiary/aromatic N) is 6. The van der Waals surface area contributed by atoms with E-state index in [0.717, 1.165) is 44.7 Å². The Labute approximate surface area is 192 Å². The Morgan fingerprint density at radius 2 is 2.06 bits per heavy atom. The van der Waals surface area contributed by atoms with E-state index in [1.54, 1.807) is 0 Å². The summed E-state index contributed by atoms with van der Waals surface area (Å²) in [5.74, 6) is 0.526. The molecule has 3 aromatic heterocycles. The van der Waals surface area contributed by atoms with E-state index in [9.17, 15) is 4.79 Å². The Morgan fingerprint density at radius 3 is 2.91 bits per heavy atom. The second-order valence-corrected chi connectivity index (χ2v) is 10.0. The zero-order valence-electron chi connectivity index (χ0n) is 17.2. The Balaban J connectivity index is 1.18. The molecule has 11 heteroatoms. The number of thiazole rings is 1. The van der Waals surface area contributed by atoms with Crippen LogP contribution in [0.4, 0.5) is 5.13 Å². The molecule has 1 aliphatic heterocycles. The van der Waals surface area contributed by atoms with Crippen molar-refractivity contribution in [1.82, 2.24) is 29.7 Å². The van der Waals surface area contributed by atoms with Gasteiger partial charge in [-0.1, -0.05) is 11.3 Å². The van der Waals surface area contributed by atoms with Crippen molar-refractivity contribution in [3.63, 3.8) is 0 Å². The maximum atomic E-state index is 12.4. The standard InChI is InChI=1S/C21H21N7O2S2/c29-19(12-27-7-9-30-10-8-27)23-20-22-16-4-3-14(11-17(16)32-20)31-21-25-24-18-6-5-15(13-1-2-13)26-28(18)21/h3-6,11,13H,1-2,7-10,12H2,(H,22,23,29). The molecule has 0 unspecified atom stereocenters. The molecule has 0 radical (unpaired) electrons. The molecule has 2 aliphatic rings. The van der Waals surface area contributed by atoms with Gasteiger partial charge in [-0.15, -0.1) is 10.2 Å². The SMILES string of the molecule is O=C(CN1CCOCC1)Nc1nc2ccc(Sc3nnc4ccc(C5CC5)nn34)cc2s1. The Hall–Kier alpha value is -2.60. The van der Waals surface area contributed by atoms with Crippen LogP contribution in [0.2, 0.25) is 0 Å². The molecule has 32 heavy (non-hydrogen) atoms. The van der Waals surface area contributed by atoms with Crippen molar-refractivity contribution in [2.45, 2.75) is 28.8 Å². The van der Waals surface area contributed by atoms with Crippen LogP contribution < -0.4 is 5.32 Å². The van der Waals surface area contributed by atoms with E-state index >= 15 is 0 Å². The number of anilines is 1. The molecule has 1 aliphatic carbocycles. The number of hydrogen-bond donors (Lipinski definition) is 1. The van der Waals surface area contributed by atoms with E-state index < -0.39 is 0 Å². The lowest BCUT2D eigenvalue weighted by Crippen LogP contribution is -2.41. The van der Waals surface area contributed by atoms with Gasteiger partial charge in [0.15, 0.2) is 10.8 Å². The number of aromatic nitrogens is 5. The van der Waals surface area contributed by atoms with Crippen molar-refractivity contribution in [1.29, 1.82) is 0 Å². The minimum absolute atomic E-state index is 0.0481. The maximum Gasteiger partial charge on any atom is 0.240 e. The summed E-state index contributed by atoms with van der Waals surface area (Å²) < 4.78 is 8.17. The molecule has 0 spiro atoms. The first-order valence-corrected chi connectivity index (χ1v) is 12.3. The van der Waals surface area contributed by atoms with Gasteiger partial charge in [-0.2, -0.15) is 9.61 Å². The number of amides is 1. The third-order valence-electron chi connectivity index (χ3n) is 5.54.